The van der Waals surface area contributed by atoms with E-state index < -0.39 is 0 Å². The van der Waals surface area contributed by atoms with Crippen LogP contribution in [0.2, 0.25) is 5.02 Å². The lowest BCUT2D eigenvalue weighted by atomic mass is 9.98. The van der Waals surface area contributed by atoms with Crippen LogP contribution in [0, 0.1) is 0 Å². The Morgan fingerprint density at radius 1 is 1.07 bits per heavy atom. The zero-order valence-electron chi connectivity index (χ0n) is 8.81. The molecule has 0 heterocycles. The summed E-state index contributed by atoms with van der Waals surface area (Å²) in [6.45, 7) is 4.23. The van der Waals surface area contributed by atoms with Crippen LogP contribution in [0.3, 0.4) is 0 Å². The average molecular weight is 213 g/mol. The molecule has 0 aliphatic rings. The number of hydrogen-bond acceptors (Lipinski definition) is 1. The van der Waals surface area contributed by atoms with E-state index >= 15 is 0 Å². The summed E-state index contributed by atoms with van der Waals surface area (Å²) in [5.41, 5.74) is 2.15. The van der Waals surface area contributed by atoms with E-state index in [-0.39, 0.29) is 0 Å². The zero-order valence-corrected chi connectivity index (χ0v) is 9.56. The predicted molar refractivity (Wildman–Crippen MR) is 61.1 cm³/mol. The highest BCUT2D eigenvalue weighted by Gasteiger charge is 2.10. The third-order valence-corrected chi connectivity index (χ3v) is 2.70. The fourth-order valence-corrected chi connectivity index (χ4v) is 1.97. The number of hydrogen-bond donors (Lipinski definition) is 1. The summed E-state index contributed by atoms with van der Waals surface area (Å²) in [6, 6.07) is 3.47. The number of benzene rings is 1. The lowest BCUT2D eigenvalue weighted by molar-refractivity contribution is 0.466. The van der Waals surface area contributed by atoms with Crippen molar-refractivity contribution in [3.63, 3.8) is 0 Å². The molecule has 0 unspecified atom stereocenters. The first-order chi connectivity index (χ1) is 6.70. The van der Waals surface area contributed by atoms with Crippen molar-refractivity contribution in [3.05, 3.63) is 28.3 Å². The Hall–Kier alpha value is -0.690. The third-order valence-electron chi connectivity index (χ3n) is 2.35. The quantitative estimate of drug-likeness (QED) is 0.802. The number of phenolic OH excluding ortho intramolecular Hbond substituents is 1. The molecular weight excluding hydrogens is 196 g/mol. The maximum absolute atomic E-state index is 9.71. The molecule has 1 aromatic rings. The Kier molecular flexibility index (Phi) is 4.27. The van der Waals surface area contributed by atoms with Crippen molar-refractivity contribution in [1.82, 2.24) is 0 Å². The fourth-order valence-electron chi connectivity index (χ4n) is 1.70. The Balaban J connectivity index is 3.12. The van der Waals surface area contributed by atoms with Gasteiger partial charge in [-0.25, -0.2) is 0 Å². The second-order valence-corrected chi connectivity index (χ2v) is 3.93. The Morgan fingerprint density at radius 3 is 2.21 bits per heavy atom. The summed E-state index contributed by atoms with van der Waals surface area (Å²) in [7, 11) is 0. The van der Waals surface area contributed by atoms with Crippen LogP contribution in [-0.4, -0.2) is 5.11 Å². The van der Waals surface area contributed by atoms with Crippen molar-refractivity contribution in [2.24, 2.45) is 0 Å². The van der Waals surface area contributed by atoms with Gasteiger partial charge in [-0.3, -0.25) is 0 Å². The summed E-state index contributed by atoms with van der Waals surface area (Å²) in [4.78, 5) is 0. The standard InChI is InChI=1S/C12H17ClO/c1-3-5-9-10(6-4-2)12(14)8-7-11(9)13/h7-8,14H,3-6H2,1-2H3. The maximum Gasteiger partial charge on any atom is 0.119 e. The molecule has 0 atom stereocenters. The third kappa shape index (κ3) is 2.42. The van der Waals surface area contributed by atoms with E-state index in [2.05, 4.69) is 13.8 Å². The highest BCUT2D eigenvalue weighted by molar-refractivity contribution is 6.31. The second kappa shape index (κ2) is 5.26. The summed E-state index contributed by atoms with van der Waals surface area (Å²) in [5.74, 6) is 0.389. The van der Waals surface area contributed by atoms with E-state index in [1.165, 1.54) is 0 Å². The monoisotopic (exact) mass is 212 g/mol. The molecule has 0 spiro atoms. The number of phenols is 1. The van der Waals surface area contributed by atoms with Crippen molar-refractivity contribution >= 4 is 11.6 Å². The number of halogens is 1. The molecule has 0 radical (unpaired) electrons. The van der Waals surface area contributed by atoms with Crippen LogP contribution in [0.1, 0.15) is 37.8 Å². The van der Waals surface area contributed by atoms with Gasteiger partial charge in [-0.1, -0.05) is 38.3 Å². The molecule has 14 heavy (non-hydrogen) atoms. The number of rotatable bonds is 4. The van der Waals surface area contributed by atoms with Crippen LogP contribution < -0.4 is 0 Å². The maximum atomic E-state index is 9.71. The normalized spacial score (nSPS) is 10.5. The molecule has 0 aliphatic carbocycles. The molecule has 2 heteroatoms. The summed E-state index contributed by atoms with van der Waals surface area (Å²) >= 11 is 6.10. The van der Waals surface area contributed by atoms with Gasteiger partial charge in [-0.15, -0.1) is 0 Å². The molecule has 0 fully saturated rings. The Labute approximate surface area is 90.7 Å². The van der Waals surface area contributed by atoms with Crippen molar-refractivity contribution in [3.8, 4) is 5.75 Å². The lowest BCUT2D eigenvalue weighted by Crippen LogP contribution is -1.95. The van der Waals surface area contributed by atoms with Gasteiger partial charge < -0.3 is 5.11 Å². The van der Waals surface area contributed by atoms with Crippen molar-refractivity contribution < 1.29 is 5.11 Å². The Bertz CT molecular complexity index is 276. The van der Waals surface area contributed by atoms with Gasteiger partial charge in [0.1, 0.15) is 5.75 Å². The minimum Gasteiger partial charge on any atom is -0.508 e. The topological polar surface area (TPSA) is 20.2 Å². The molecule has 0 saturated heterocycles. The van der Waals surface area contributed by atoms with Crippen LogP contribution in [0.4, 0.5) is 0 Å². The first-order valence-corrected chi connectivity index (χ1v) is 5.57. The van der Waals surface area contributed by atoms with E-state index in [9.17, 15) is 5.11 Å². The second-order valence-electron chi connectivity index (χ2n) is 3.52. The summed E-state index contributed by atoms with van der Waals surface area (Å²) < 4.78 is 0. The van der Waals surface area contributed by atoms with Gasteiger partial charge in [-0.05, 0) is 36.1 Å². The number of aromatic hydroxyl groups is 1. The molecule has 0 saturated carbocycles. The van der Waals surface area contributed by atoms with Crippen molar-refractivity contribution in [2.45, 2.75) is 39.5 Å². The van der Waals surface area contributed by atoms with Gasteiger partial charge in [-0.2, -0.15) is 0 Å². The average Bonchev–Trinajstić information content (AvgIpc) is 2.17. The van der Waals surface area contributed by atoms with Crippen LogP contribution >= 0.6 is 11.6 Å². The molecule has 78 valence electrons. The van der Waals surface area contributed by atoms with Gasteiger partial charge in [0.15, 0.2) is 0 Å². The summed E-state index contributed by atoms with van der Waals surface area (Å²) in [6.07, 6.45) is 3.94. The molecule has 0 amide bonds. The zero-order chi connectivity index (χ0) is 10.6. The van der Waals surface area contributed by atoms with E-state index in [0.717, 1.165) is 41.8 Å². The van der Waals surface area contributed by atoms with Gasteiger partial charge in [0.25, 0.3) is 0 Å². The summed E-state index contributed by atoms with van der Waals surface area (Å²) in [5, 5.41) is 10.5. The van der Waals surface area contributed by atoms with Crippen LogP contribution in [-0.2, 0) is 12.8 Å². The lowest BCUT2D eigenvalue weighted by Gasteiger charge is -2.11. The molecule has 0 bridgehead atoms. The van der Waals surface area contributed by atoms with Crippen LogP contribution in [0.15, 0.2) is 12.1 Å². The van der Waals surface area contributed by atoms with E-state index in [1.807, 2.05) is 0 Å². The van der Waals surface area contributed by atoms with Crippen molar-refractivity contribution in [2.75, 3.05) is 0 Å². The van der Waals surface area contributed by atoms with Crippen molar-refractivity contribution in [1.29, 1.82) is 0 Å². The van der Waals surface area contributed by atoms with E-state index in [1.54, 1.807) is 12.1 Å². The predicted octanol–water partition coefficient (Wildman–Crippen LogP) is 3.95. The highest BCUT2D eigenvalue weighted by Crippen LogP contribution is 2.30. The first-order valence-electron chi connectivity index (χ1n) is 5.19. The fraction of sp³-hybridized carbons (Fsp3) is 0.500. The molecule has 1 nitrogen and oxygen atoms in total. The molecular formula is C12H17ClO. The molecule has 1 aromatic carbocycles. The molecule has 1 rings (SSSR count). The van der Waals surface area contributed by atoms with Gasteiger partial charge in [0.2, 0.25) is 0 Å². The van der Waals surface area contributed by atoms with E-state index in [0.29, 0.717) is 5.75 Å². The minimum atomic E-state index is 0.389. The molecule has 0 aliphatic heterocycles. The van der Waals surface area contributed by atoms with Gasteiger partial charge in [0.05, 0.1) is 0 Å². The minimum absolute atomic E-state index is 0.389. The highest BCUT2D eigenvalue weighted by atomic mass is 35.5. The molecule has 1 N–H and O–H groups in total. The van der Waals surface area contributed by atoms with Crippen LogP contribution in [0.5, 0.6) is 5.75 Å². The molecule has 0 aromatic heterocycles. The van der Waals surface area contributed by atoms with Crippen LogP contribution in [0.25, 0.3) is 0 Å². The SMILES string of the molecule is CCCc1c(O)ccc(Cl)c1CCC. The first kappa shape index (κ1) is 11.4. The largest absolute Gasteiger partial charge is 0.508 e. The van der Waals surface area contributed by atoms with Gasteiger partial charge in [0, 0.05) is 5.02 Å². The van der Waals surface area contributed by atoms with E-state index in [4.69, 9.17) is 11.6 Å². The smallest absolute Gasteiger partial charge is 0.119 e. The Morgan fingerprint density at radius 2 is 1.64 bits per heavy atom. The van der Waals surface area contributed by atoms with Gasteiger partial charge >= 0.3 is 0 Å².